The molecule has 2 aromatic rings. The summed E-state index contributed by atoms with van der Waals surface area (Å²) >= 11 is 0. The van der Waals surface area contributed by atoms with E-state index in [1.165, 1.54) is 26.2 Å². The second-order valence-corrected chi connectivity index (χ2v) is 4.93. The Hall–Kier alpha value is -3.16. The maximum atomic E-state index is 12.4. The van der Waals surface area contributed by atoms with Crippen LogP contribution < -0.4 is 21.9 Å². The van der Waals surface area contributed by atoms with Gasteiger partial charge >= 0.3 is 5.69 Å². The average Bonchev–Trinajstić information content (AvgIpc) is 2.77. The molecule has 2 heterocycles. The Morgan fingerprint density at radius 1 is 0.864 bits per heavy atom. The molecule has 0 saturated heterocycles. The van der Waals surface area contributed by atoms with E-state index < -0.39 is 23.1 Å². The van der Waals surface area contributed by atoms with Gasteiger partial charge < -0.3 is 5.73 Å². The van der Waals surface area contributed by atoms with Crippen molar-refractivity contribution in [3.05, 3.63) is 56.2 Å². The lowest BCUT2D eigenvalue weighted by Crippen LogP contribution is -2.44. The van der Waals surface area contributed by atoms with Gasteiger partial charge in [0.15, 0.2) is 5.69 Å². The van der Waals surface area contributed by atoms with E-state index in [1.807, 2.05) is 0 Å². The second kappa shape index (κ2) is 4.42. The fourth-order valence-corrected chi connectivity index (χ4v) is 2.44. The van der Waals surface area contributed by atoms with Crippen molar-refractivity contribution in [2.24, 2.45) is 14.1 Å². The van der Waals surface area contributed by atoms with Crippen LogP contribution >= 0.6 is 0 Å². The maximum absolute atomic E-state index is 12.4. The zero-order valence-electron chi connectivity index (χ0n) is 11.9. The molecule has 8 nitrogen and oxygen atoms in total. The van der Waals surface area contributed by atoms with Crippen LogP contribution in [0.25, 0.3) is 0 Å². The van der Waals surface area contributed by atoms with Crippen molar-refractivity contribution >= 4 is 23.3 Å². The van der Waals surface area contributed by atoms with Gasteiger partial charge in [-0.3, -0.25) is 23.5 Å². The number of nitrogens with two attached hydrogens (primary N) is 1. The lowest BCUT2D eigenvalue weighted by atomic mass is 10.1. The van der Waals surface area contributed by atoms with Gasteiger partial charge in [-0.1, -0.05) is 12.1 Å². The van der Waals surface area contributed by atoms with E-state index in [0.717, 1.165) is 14.0 Å². The van der Waals surface area contributed by atoms with Gasteiger partial charge in [-0.2, -0.15) is 0 Å². The van der Waals surface area contributed by atoms with Crippen LogP contribution in [0.1, 0.15) is 20.7 Å². The summed E-state index contributed by atoms with van der Waals surface area (Å²) in [6.07, 6.45) is 0. The minimum Gasteiger partial charge on any atom is -0.383 e. The van der Waals surface area contributed by atoms with Gasteiger partial charge in [0, 0.05) is 14.1 Å². The summed E-state index contributed by atoms with van der Waals surface area (Å²) in [5.41, 5.74) is 4.45. The van der Waals surface area contributed by atoms with E-state index in [0.29, 0.717) is 0 Å². The SMILES string of the molecule is Cn1c(N)c(N2C(=O)c3ccccc3C2=O)c(=O)n(C)c1=O. The highest BCUT2D eigenvalue weighted by Crippen LogP contribution is 2.28. The Morgan fingerprint density at radius 3 is 1.86 bits per heavy atom. The summed E-state index contributed by atoms with van der Waals surface area (Å²) in [7, 11) is 2.62. The molecule has 0 spiro atoms. The van der Waals surface area contributed by atoms with E-state index in [1.54, 1.807) is 12.1 Å². The molecule has 3 rings (SSSR count). The molecular weight excluding hydrogens is 288 g/mol. The Labute approximate surface area is 124 Å². The standard InChI is InChI=1S/C14H12N4O4/c1-16-10(15)9(13(21)17(2)14(16)22)18-11(19)7-5-3-4-6-8(7)12(18)20/h3-6H,15H2,1-2H3. The molecule has 0 aliphatic carbocycles. The minimum atomic E-state index is -0.796. The summed E-state index contributed by atoms with van der Waals surface area (Å²) in [6.45, 7) is 0. The monoisotopic (exact) mass is 300 g/mol. The van der Waals surface area contributed by atoms with Crippen LogP contribution in [-0.2, 0) is 14.1 Å². The number of fused-ring (bicyclic) bond motifs is 1. The number of amides is 2. The number of anilines is 2. The molecule has 1 aliphatic heterocycles. The van der Waals surface area contributed by atoms with E-state index >= 15 is 0 Å². The lowest BCUT2D eigenvalue weighted by molar-refractivity contribution is 0.0925. The van der Waals surface area contributed by atoms with Gasteiger partial charge in [0.1, 0.15) is 5.82 Å². The third-order valence-corrected chi connectivity index (χ3v) is 3.70. The molecule has 8 heteroatoms. The molecular formula is C14H12N4O4. The number of carbonyl (C=O) groups excluding carboxylic acids is 2. The summed E-state index contributed by atoms with van der Waals surface area (Å²) < 4.78 is 1.81. The predicted molar refractivity (Wildman–Crippen MR) is 78.9 cm³/mol. The molecule has 0 fully saturated rings. The Bertz CT molecular complexity index is 919. The maximum Gasteiger partial charge on any atom is 0.332 e. The van der Waals surface area contributed by atoms with Crippen molar-refractivity contribution in [3.63, 3.8) is 0 Å². The van der Waals surface area contributed by atoms with Gasteiger partial charge in [-0.25, -0.2) is 9.69 Å². The number of rotatable bonds is 1. The fraction of sp³-hybridized carbons (Fsp3) is 0.143. The quantitative estimate of drug-likeness (QED) is 0.712. The topological polar surface area (TPSA) is 107 Å². The number of nitrogens with zero attached hydrogens (tertiary/aromatic N) is 3. The number of aromatic nitrogens is 2. The van der Waals surface area contributed by atoms with Gasteiger partial charge in [0.05, 0.1) is 11.1 Å². The zero-order valence-corrected chi connectivity index (χ0v) is 11.9. The summed E-state index contributed by atoms with van der Waals surface area (Å²) in [4.78, 5) is 49.7. The third-order valence-electron chi connectivity index (χ3n) is 3.70. The summed E-state index contributed by atoms with van der Waals surface area (Å²) in [6, 6.07) is 6.24. The van der Waals surface area contributed by atoms with Gasteiger partial charge in [0.25, 0.3) is 17.4 Å². The largest absolute Gasteiger partial charge is 0.383 e. The molecule has 2 amide bonds. The predicted octanol–water partition coefficient (Wildman–Crippen LogP) is -0.533. The number of benzene rings is 1. The fourth-order valence-electron chi connectivity index (χ4n) is 2.44. The van der Waals surface area contributed by atoms with E-state index in [-0.39, 0.29) is 22.6 Å². The Morgan fingerprint density at radius 2 is 1.36 bits per heavy atom. The van der Waals surface area contributed by atoms with Crippen LogP contribution in [0.2, 0.25) is 0 Å². The van der Waals surface area contributed by atoms with Crippen LogP contribution in [0.4, 0.5) is 11.5 Å². The number of imide groups is 1. The van der Waals surface area contributed by atoms with E-state index in [2.05, 4.69) is 0 Å². The Kier molecular flexibility index (Phi) is 2.77. The Balaban J connectivity index is 2.32. The van der Waals surface area contributed by atoms with Crippen molar-refractivity contribution in [2.45, 2.75) is 0 Å². The first kappa shape index (κ1) is 13.8. The first-order valence-corrected chi connectivity index (χ1v) is 6.39. The third kappa shape index (κ3) is 1.57. The van der Waals surface area contributed by atoms with Crippen molar-refractivity contribution in [1.82, 2.24) is 9.13 Å². The lowest BCUT2D eigenvalue weighted by Gasteiger charge is -2.18. The van der Waals surface area contributed by atoms with Crippen LogP contribution in [0, 0.1) is 0 Å². The van der Waals surface area contributed by atoms with E-state index in [4.69, 9.17) is 5.73 Å². The van der Waals surface area contributed by atoms with Crippen LogP contribution in [0.15, 0.2) is 33.9 Å². The highest BCUT2D eigenvalue weighted by Gasteiger charge is 2.39. The number of hydrogen-bond acceptors (Lipinski definition) is 5. The first-order chi connectivity index (χ1) is 10.4. The van der Waals surface area contributed by atoms with E-state index in [9.17, 15) is 19.2 Å². The first-order valence-electron chi connectivity index (χ1n) is 6.39. The number of carbonyl (C=O) groups is 2. The smallest absolute Gasteiger partial charge is 0.332 e. The van der Waals surface area contributed by atoms with Crippen molar-refractivity contribution in [1.29, 1.82) is 0 Å². The van der Waals surface area contributed by atoms with Gasteiger partial charge in [0.2, 0.25) is 0 Å². The van der Waals surface area contributed by atoms with Crippen molar-refractivity contribution < 1.29 is 9.59 Å². The molecule has 1 aromatic heterocycles. The highest BCUT2D eigenvalue weighted by molar-refractivity contribution is 6.35. The van der Waals surface area contributed by atoms with Gasteiger partial charge in [-0.05, 0) is 12.1 Å². The molecule has 1 aliphatic rings. The van der Waals surface area contributed by atoms with Crippen LogP contribution in [0.3, 0.4) is 0 Å². The molecule has 112 valence electrons. The summed E-state index contributed by atoms with van der Waals surface area (Å²) in [5, 5.41) is 0. The molecule has 0 bridgehead atoms. The van der Waals surface area contributed by atoms with Crippen molar-refractivity contribution in [3.8, 4) is 0 Å². The second-order valence-electron chi connectivity index (χ2n) is 4.93. The van der Waals surface area contributed by atoms with Crippen molar-refractivity contribution in [2.75, 3.05) is 10.6 Å². The number of nitrogen functional groups attached to an aromatic ring is 1. The molecule has 2 N–H and O–H groups in total. The summed E-state index contributed by atoms with van der Waals surface area (Å²) in [5.74, 6) is -1.51. The molecule has 0 radical (unpaired) electrons. The highest BCUT2D eigenvalue weighted by atomic mass is 16.2. The van der Waals surface area contributed by atoms with Crippen LogP contribution in [0.5, 0.6) is 0 Å². The average molecular weight is 300 g/mol. The van der Waals surface area contributed by atoms with Crippen LogP contribution in [-0.4, -0.2) is 20.9 Å². The van der Waals surface area contributed by atoms with Gasteiger partial charge in [-0.15, -0.1) is 0 Å². The molecule has 0 unspecified atom stereocenters. The molecule has 0 saturated carbocycles. The molecule has 1 aromatic carbocycles. The zero-order chi connectivity index (χ0) is 16.2. The number of hydrogen-bond donors (Lipinski definition) is 1. The molecule has 22 heavy (non-hydrogen) atoms. The normalized spacial score (nSPS) is 13.6. The molecule has 0 atom stereocenters. The minimum absolute atomic E-state index is 0.197.